The first-order chi connectivity index (χ1) is 10.6. The van der Waals surface area contributed by atoms with Crippen molar-refractivity contribution in [2.24, 2.45) is 0 Å². The number of hydrogen-bond donors (Lipinski definition) is 1. The van der Waals surface area contributed by atoms with Gasteiger partial charge in [0.1, 0.15) is 0 Å². The largest absolute Gasteiger partial charge is 0.469 e. The van der Waals surface area contributed by atoms with Crippen molar-refractivity contribution in [2.45, 2.75) is 6.42 Å². The number of thiazole rings is 1. The molecule has 22 heavy (non-hydrogen) atoms. The lowest BCUT2D eigenvalue weighted by molar-refractivity contribution is -0.139. The molecule has 0 aliphatic heterocycles. The summed E-state index contributed by atoms with van der Waals surface area (Å²) in [5.74, 6) is -1.68. The smallest absolute Gasteiger partial charge is 0.374 e. The minimum absolute atomic E-state index is 0.0161. The van der Waals surface area contributed by atoms with Gasteiger partial charge in [0.05, 0.1) is 25.5 Å². The summed E-state index contributed by atoms with van der Waals surface area (Å²) >= 11 is 1.15. The summed E-state index contributed by atoms with van der Waals surface area (Å²) in [5.41, 5.74) is 0.486. The maximum Gasteiger partial charge on any atom is 0.374 e. The number of carbonyl (C=O) groups excluding carboxylic acids is 3. The van der Waals surface area contributed by atoms with Crippen LogP contribution >= 0.6 is 11.3 Å². The third kappa shape index (κ3) is 4.42. The van der Waals surface area contributed by atoms with Gasteiger partial charge in [-0.15, -0.1) is 11.3 Å². The second kappa shape index (κ2) is 7.36. The van der Waals surface area contributed by atoms with Crippen LogP contribution in [-0.2, 0) is 25.5 Å². The average Bonchev–Trinajstić information content (AvgIpc) is 3.16. The molecule has 1 amide bonds. The second-order valence-corrected chi connectivity index (χ2v) is 4.86. The standard InChI is InChI=1S/C13H12N2O6S/c1-19-11(17)5-8-7-22-13(14-8)15-10(16)6-21-12(18)9-3-2-4-20-9/h2-4,7H,5-6H2,1H3,(H,14,15,16). The number of carbonyl (C=O) groups is 3. The maximum absolute atomic E-state index is 11.6. The molecule has 0 bridgehead atoms. The third-order valence-corrected chi connectivity index (χ3v) is 3.21. The van der Waals surface area contributed by atoms with Crippen LogP contribution in [0, 0.1) is 0 Å². The van der Waals surface area contributed by atoms with E-state index >= 15 is 0 Å². The Morgan fingerprint density at radius 1 is 1.41 bits per heavy atom. The number of amides is 1. The molecule has 0 radical (unpaired) electrons. The molecule has 0 unspecified atom stereocenters. The Bertz CT molecular complexity index is 664. The summed E-state index contributed by atoms with van der Waals surface area (Å²) < 4.78 is 14.1. The van der Waals surface area contributed by atoms with Gasteiger partial charge in [0.2, 0.25) is 5.76 Å². The predicted octanol–water partition coefficient (Wildman–Crippen LogP) is 1.25. The molecule has 0 fully saturated rings. The molecule has 0 saturated heterocycles. The highest BCUT2D eigenvalue weighted by Gasteiger charge is 2.14. The van der Waals surface area contributed by atoms with Crippen LogP contribution in [0.2, 0.25) is 0 Å². The molecule has 2 heterocycles. The number of anilines is 1. The Hall–Kier alpha value is -2.68. The topological polar surface area (TPSA) is 108 Å². The molecule has 2 aromatic heterocycles. The first-order valence-electron chi connectivity index (χ1n) is 6.10. The first kappa shape index (κ1) is 15.7. The van der Waals surface area contributed by atoms with Gasteiger partial charge < -0.3 is 13.9 Å². The number of nitrogens with one attached hydrogen (secondary N) is 1. The van der Waals surface area contributed by atoms with E-state index in [-0.39, 0.29) is 12.2 Å². The van der Waals surface area contributed by atoms with Gasteiger partial charge in [0, 0.05) is 5.38 Å². The van der Waals surface area contributed by atoms with Gasteiger partial charge in [-0.05, 0) is 12.1 Å². The molecule has 9 heteroatoms. The van der Waals surface area contributed by atoms with E-state index in [0.29, 0.717) is 10.8 Å². The van der Waals surface area contributed by atoms with E-state index in [0.717, 1.165) is 11.3 Å². The molecule has 2 rings (SSSR count). The lowest BCUT2D eigenvalue weighted by atomic mass is 10.3. The molecule has 8 nitrogen and oxygen atoms in total. The SMILES string of the molecule is COC(=O)Cc1csc(NC(=O)COC(=O)c2ccco2)n1. The fraction of sp³-hybridized carbons (Fsp3) is 0.231. The fourth-order valence-corrected chi connectivity index (χ4v) is 2.14. The first-order valence-corrected chi connectivity index (χ1v) is 6.98. The Kier molecular flexibility index (Phi) is 5.26. The van der Waals surface area contributed by atoms with E-state index in [9.17, 15) is 14.4 Å². The summed E-state index contributed by atoms with van der Waals surface area (Å²) in [4.78, 5) is 38.2. The number of esters is 2. The van der Waals surface area contributed by atoms with E-state index in [4.69, 9.17) is 9.15 Å². The minimum Gasteiger partial charge on any atom is -0.469 e. The van der Waals surface area contributed by atoms with Crippen molar-refractivity contribution in [3.63, 3.8) is 0 Å². The van der Waals surface area contributed by atoms with Gasteiger partial charge >= 0.3 is 11.9 Å². The number of nitrogens with zero attached hydrogens (tertiary/aromatic N) is 1. The number of rotatable bonds is 6. The van der Waals surface area contributed by atoms with Crippen LogP contribution < -0.4 is 5.32 Å². The van der Waals surface area contributed by atoms with E-state index in [1.165, 1.54) is 25.5 Å². The third-order valence-electron chi connectivity index (χ3n) is 2.41. The lowest BCUT2D eigenvalue weighted by Gasteiger charge is -2.02. The Balaban J connectivity index is 1.79. The second-order valence-electron chi connectivity index (χ2n) is 4.00. The predicted molar refractivity (Wildman–Crippen MR) is 75.5 cm³/mol. The van der Waals surface area contributed by atoms with Gasteiger partial charge in [-0.1, -0.05) is 0 Å². The Labute approximate surface area is 129 Å². The van der Waals surface area contributed by atoms with Crippen molar-refractivity contribution >= 4 is 34.3 Å². The van der Waals surface area contributed by atoms with Crippen molar-refractivity contribution < 1.29 is 28.3 Å². The maximum atomic E-state index is 11.6. The highest BCUT2D eigenvalue weighted by atomic mass is 32.1. The van der Waals surface area contributed by atoms with Gasteiger partial charge in [-0.3, -0.25) is 14.9 Å². The Morgan fingerprint density at radius 3 is 2.91 bits per heavy atom. The molecular weight excluding hydrogens is 312 g/mol. The zero-order valence-electron chi connectivity index (χ0n) is 11.5. The molecular formula is C13H12N2O6S. The highest BCUT2D eigenvalue weighted by Crippen LogP contribution is 2.16. The van der Waals surface area contributed by atoms with Gasteiger partial charge in [-0.25, -0.2) is 9.78 Å². The average molecular weight is 324 g/mol. The fourth-order valence-electron chi connectivity index (χ4n) is 1.42. The van der Waals surface area contributed by atoms with Crippen LogP contribution in [0.1, 0.15) is 16.2 Å². The van der Waals surface area contributed by atoms with Crippen molar-refractivity contribution in [1.82, 2.24) is 4.98 Å². The Morgan fingerprint density at radius 2 is 2.23 bits per heavy atom. The van der Waals surface area contributed by atoms with Gasteiger partial charge in [-0.2, -0.15) is 0 Å². The van der Waals surface area contributed by atoms with Crippen LogP contribution in [0.5, 0.6) is 0 Å². The van der Waals surface area contributed by atoms with Crippen LogP contribution in [0.3, 0.4) is 0 Å². The highest BCUT2D eigenvalue weighted by molar-refractivity contribution is 7.13. The van der Waals surface area contributed by atoms with Gasteiger partial charge in [0.25, 0.3) is 5.91 Å². The minimum atomic E-state index is -0.731. The van der Waals surface area contributed by atoms with Crippen LogP contribution in [0.4, 0.5) is 5.13 Å². The monoisotopic (exact) mass is 324 g/mol. The number of aromatic nitrogens is 1. The lowest BCUT2D eigenvalue weighted by Crippen LogP contribution is -2.20. The molecule has 0 aliphatic carbocycles. The van der Waals surface area contributed by atoms with Crippen LogP contribution in [-0.4, -0.2) is 36.5 Å². The van der Waals surface area contributed by atoms with E-state index in [2.05, 4.69) is 15.0 Å². The summed E-state index contributed by atoms with van der Waals surface area (Å²) in [6, 6.07) is 2.97. The number of methoxy groups -OCH3 is 1. The quantitative estimate of drug-likeness (QED) is 0.797. The van der Waals surface area contributed by atoms with Crippen molar-refractivity contribution in [3.8, 4) is 0 Å². The van der Waals surface area contributed by atoms with Gasteiger partial charge in [0.15, 0.2) is 11.7 Å². The van der Waals surface area contributed by atoms with Crippen molar-refractivity contribution in [1.29, 1.82) is 0 Å². The van der Waals surface area contributed by atoms with Crippen molar-refractivity contribution in [3.05, 3.63) is 35.2 Å². The molecule has 0 atom stereocenters. The zero-order chi connectivity index (χ0) is 15.9. The summed E-state index contributed by atoms with van der Waals surface area (Å²) in [5, 5.41) is 4.39. The van der Waals surface area contributed by atoms with E-state index < -0.39 is 24.5 Å². The molecule has 0 aromatic carbocycles. The van der Waals surface area contributed by atoms with E-state index in [1.807, 2.05) is 0 Å². The van der Waals surface area contributed by atoms with Crippen molar-refractivity contribution in [2.75, 3.05) is 19.0 Å². The molecule has 116 valence electrons. The molecule has 0 saturated carbocycles. The molecule has 0 spiro atoms. The zero-order valence-corrected chi connectivity index (χ0v) is 12.3. The molecule has 1 N–H and O–H groups in total. The summed E-state index contributed by atoms with van der Waals surface area (Å²) in [7, 11) is 1.28. The number of furan rings is 1. The molecule has 0 aliphatic rings. The van der Waals surface area contributed by atoms with E-state index in [1.54, 1.807) is 5.38 Å². The number of hydrogen-bond acceptors (Lipinski definition) is 8. The summed E-state index contributed by atoms with van der Waals surface area (Å²) in [6.07, 6.45) is 1.35. The normalized spacial score (nSPS) is 10.0. The molecule has 2 aromatic rings. The summed E-state index contributed by atoms with van der Waals surface area (Å²) in [6.45, 7) is -0.467. The number of ether oxygens (including phenoxy) is 2. The van der Waals surface area contributed by atoms with Crippen LogP contribution in [0.25, 0.3) is 0 Å². The van der Waals surface area contributed by atoms with Crippen LogP contribution in [0.15, 0.2) is 28.2 Å².